The average molecular weight is 387 g/mol. The number of aliphatic hydroxyl groups is 1. The molecule has 0 saturated heterocycles. The molecule has 1 aliphatic heterocycles. The molecule has 0 radical (unpaired) electrons. The number of esters is 1. The lowest BCUT2D eigenvalue weighted by atomic mass is 10.2. The van der Waals surface area contributed by atoms with Crippen LogP contribution in [0.15, 0.2) is 28.6 Å². The number of aromatic nitrogens is 2. The third kappa shape index (κ3) is 2.72. The fraction of sp³-hybridized carbons (Fsp3) is 0.467. The quantitative estimate of drug-likeness (QED) is 0.591. The maximum atomic E-state index is 14.9. The van der Waals surface area contributed by atoms with Gasteiger partial charge in [0, 0.05) is 6.20 Å². The zero-order chi connectivity index (χ0) is 20.0. The maximum absolute atomic E-state index is 14.9. The lowest BCUT2D eigenvalue weighted by Gasteiger charge is -2.18. The minimum Gasteiger partial charge on any atom is -0.506 e. The van der Waals surface area contributed by atoms with Crippen LogP contribution >= 0.6 is 0 Å². The van der Waals surface area contributed by atoms with Gasteiger partial charge in [0.2, 0.25) is 6.17 Å². The van der Waals surface area contributed by atoms with E-state index in [-0.39, 0.29) is 18.2 Å². The molecule has 2 unspecified atom stereocenters. The Kier molecular flexibility index (Phi) is 4.38. The van der Waals surface area contributed by atoms with Crippen LogP contribution in [0.25, 0.3) is 0 Å². The van der Waals surface area contributed by atoms with E-state index in [9.17, 15) is 28.3 Å². The summed E-state index contributed by atoms with van der Waals surface area (Å²) in [5.74, 6) is -3.08. The second-order valence-corrected chi connectivity index (χ2v) is 6.01. The van der Waals surface area contributed by atoms with Crippen molar-refractivity contribution in [1.82, 2.24) is 9.55 Å². The molecule has 1 fully saturated rings. The first-order chi connectivity index (χ1) is 12.6. The normalized spacial score (nSPS) is 28.5. The molecule has 1 aliphatic carbocycles. The molecule has 0 aromatic carbocycles. The molecule has 0 amide bonds. The lowest BCUT2D eigenvalue weighted by molar-refractivity contribution is -0.150. The van der Waals surface area contributed by atoms with Gasteiger partial charge in [0.25, 0.3) is 11.4 Å². The molecular formula is C15H15F2N3O7. The molecule has 3 atom stereocenters. The number of fused-ring (bicyclic) bond motifs is 1. The van der Waals surface area contributed by atoms with Gasteiger partial charge < -0.3 is 25.1 Å². The summed E-state index contributed by atoms with van der Waals surface area (Å²) in [5, 5.41) is 9.97. The van der Waals surface area contributed by atoms with E-state index in [1.807, 2.05) is 0 Å². The third-order valence-electron chi connectivity index (χ3n) is 4.09. The number of hydrogen-bond acceptors (Lipinski definition) is 9. The zero-order valence-electron chi connectivity index (χ0n) is 14.0. The highest BCUT2D eigenvalue weighted by Crippen LogP contribution is 2.68. The van der Waals surface area contributed by atoms with E-state index in [2.05, 4.69) is 4.98 Å². The number of carbonyl (C=O) groups is 2. The molecule has 1 aromatic rings. The molecule has 12 heteroatoms. The Morgan fingerprint density at radius 1 is 1.48 bits per heavy atom. The Bertz CT molecular complexity index is 902. The molecule has 0 bridgehead atoms. The van der Waals surface area contributed by atoms with Crippen molar-refractivity contribution in [3.8, 4) is 0 Å². The summed E-state index contributed by atoms with van der Waals surface area (Å²) in [4.78, 5) is 37.5. The Labute approximate surface area is 150 Å². The fourth-order valence-corrected chi connectivity index (χ4v) is 2.79. The van der Waals surface area contributed by atoms with Gasteiger partial charge in [-0.15, -0.1) is 0 Å². The summed E-state index contributed by atoms with van der Waals surface area (Å²) in [5.41, 5.74) is -1.25. The first-order valence-electron chi connectivity index (χ1n) is 7.67. The first kappa shape index (κ1) is 18.8. The minimum absolute atomic E-state index is 0.164. The molecule has 3 N–H and O–H groups in total. The number of nitrogen functional groups attached to an aromatic ring is 1. The molecular weight excluding hydrogens is 372 g/mol. The summed E-state index contributed by atoms with van der Waals surface area (Å²) >= 11 is 0. The van der Waals surface area contributed by atoms with Crippen LogP contribution in [0.5, 0.6) is 0 Å². The second kappa shape index (κ2) is 6.30. The summed E-state index contributed by atoms with van der Waals surface area (Å²) in [7, 11) is 0. The highest BCUT2D eigenvalue weighted by Gasteiger charge is 2.92. The van der Waals surface area contributed by atoms with Crippen molar-refractivity contribution in [1.29, 1.82) is 0 Å². The largest absolute Gasteiger partial charge is 0.506 e. The summed E-state index contributed by atoms with van der Waals surface area (Å²) in [6.07, 6.45) is -1.40. The van der Waals surface area contributed by atoms with Gasteiger partial charge in [-0.05, 0) is 13.0 Å². The molecule has 1 saturated carbocycles. The predicted octanol–water partition coefficient (Wildman–Crippen LogP) is -0.513. The highest BCUT2D eigenvalue weighted by atomic mass is 19.2. The van der Waals surface area contributed by atoms with Crippen molar-refractivity contribution < 1.29 is 37.7 Å². The average Bonchev–Trinajstić information content (AvgIpc) is 2.95. The van der Waals surface area contributed by atoms with Gasteiger partial charge in [-0.2, -0.15) is 4.98 Å². The van der Waals surface area contributed by atoms with Crippen molar-refractivity contribution in [3.05, 3.63) is 34.3 Å². The number of nitrogens with two attached hydrogens (primary N) is 1. The predicted molar refractivity (Wildman–Crippen MR) is 82.8 cm³/mol. The lowest BCUT2D eigenvalue weighted by Crippen LogP contribution is -2.37. The van der Waals surface area contributed by atoms with Crippen LogP contribution < -0.4 is 11.4 Å². The second-order valence-electron chi connectivity index (χ2n) is 6.01. The number of hydrogen-bond donors (Lipinski definition) is 2. The number of nitrogens with zero attached hydrogens (tertiary/aromatic N) is 2. The van der Waals surface area contributed by atoms with E-state index >= 15 is 0 Å². The van der Waals surface area contributed by atoms with Gasteiger partial charge in [0.1, 0.15) is 19.0 Å². The monoisotopic (exact) mass is 387 g/mol. The van der Waals surface area contributed by atoms with Crippen LogP contribution in [0.2, 0.25) is 0 Å². The topological polar surface area (TPSA) is 143 Å². The number of halogens is 2. The molecule has 1 aromatic heterocycles. The first-order valence-corrected chi connectivity index (χ1v) is 7.67. The van der Waals surface area contributed by atoms with Crippen LogP contribution in [-0.4, -0.2) is 58.1 Å². The van der Waals surface area contributed by atoms with Crippen molar-refractivity contribution in [2.75, 3.05) is 25.6 Å². The van der Waals surface area contributed by atoms with Gasteiger partial charge in [-0.1, -0.05) is 0 Å². The molecule has 2 heterocycles. The number of ether oxygens (including phenoxy) is 3. The van der Waals surface area contributed by atoms with Crippen molar-refractivity contribution in [2.45, 2.75) is 24.5 Å². The number of anilines is 1. The Morgan fingerprint density at radius 3 is 2.81 bits per heavy atom. The zero-order valence-corrected chi connectivity index (χ0v) is 14.0. The number of carbonyl (C=O) groups excluding carboxylic acids is 2. The van der Waals surface area contributed by atoms with E-state index in [1.54, 1.807) is 0 Å². The summed E-state index contributed by atoms with van der Waals surface area (Å²) in [6, 6.07) is 1.13. The van der Waals surface area contributed by atoms with E-state index in [0.29, 0.717) is 4.57 Å². The third-order valence-corrected chi connectivity index (χ3v) is 4.09. The SMILES string of the molecule is CC(=O)COCC(=O)OCC1=C(O)C2(F)C(F)[C@]2(n2ccc(N)nc2=O)O1. The van der Waals surface area contributed by atoms with Crippen LogP contribution in [0.1, 0.15) is 6.92 Å². The van der Waals surface area contributed by atoms with Crippen molar-refractivity contribution in [2.24, 2.45) is 0 Å². The number of Topliss-reactive ketones (excluding diaryl/α,β-unsaturated/α-hetero) is 1. The van der Waals surface area contributed by atoms with Crippen LogP contribution in [0, 0.1) is 0 Å². The van der Waals surface area contributed by atoms with Crippen LogP contribution in [-0.2, 0) is 29.5 Å². The Hall–Kier alpha value is -3.02. The van der Waals surface area contributed by atoms with Crippen molar-refractivity contribution >= 4 is 17.6 Å². The molecule has 2 aliphatic rings. The maximum Gasteiger partial charge on any atom is 0.352 e. The summed E-state index contributed by atoms with van der Waals surface area (Å²) in [6.45, 7) is -0.334. The van der Waals surface area contributed by atoms with E-state index in [0.717, 1.165) is 12.3 Å². The Balaban J connectivity index is 1.72. The highest BCUT2D eigenvalue weighted by molar-refractivity contribution is 5.77. The molecule has 0 spiro atoms. The van der Waals surface area contributed by atoms with Gasteiger partial charge in [0.15, 0.2) is 23.9 Å². The minimum atomic E-state index is -3.03. The van der Waals surface area contributed by atoms with Gasteiger partial charge in [-0.3, -0.25) is 9.36 Å². The van der Waals surface area contributed by atoms with E-state index in [4.69, 9.17) is 19.9 Å². The van der Waals surface area contributed by atoms with Gasteiger partial charge in [0.05, 0.1) is 0 Å². The Morgan fingerprint density at radius 2 is 2.19 bits per heavy atom. The van der Waals surface area contributed by atoms with E-state index < -0.39 is 54.0 Å². The molecule has 10 nitrogen and oxygen atoms in total. The summed E-state index contributed by atoms with van der Waals surface area (Å²) < 4.78 is 44.3. The van der Waals surface area contributed by atoms with Crippen LogP contribution in [0.3, 0.4) is 0 Å². The van der Waals surface area contributed by atoms with Crippen LogP contribution in [0.4, 0.5) is 14.6 Å². The van der Waals surface area contributed by atoms with Gasteiger partial charge >= 0.3 is 11.7 Å². The molecule has 146 valence electrons. The fourth-order valence-electron chi connectivity index (χ4n) is 2.79. The van der Waals surface area contributed by atoms with E-state index in [1.165, 1.54) is 6.92 Å². The standard InChI is InChI=1S/C15H15F2N3O7/c1-7(21)4-25-6-10(22)26-5-8-11(23)14(17)12(16)15(14,27-8)20-3-2-9(18)19-13(20)24/h2-3,12,23H,4-6H2,1H3,(H2,18,19,24)/t12?,14?,15-/m0/s1. The smallest absolute Gasteiger partial charge is 0.352 e. The number of alkyl halides is 2. The number of ketones is 1. The molecule has 3 rings (SSSR count). The number of rotatable bonds is 7. The van der Waals surface area contributed by atoms with Crippen molar-refractivity contribution in [3.63, 3.8) is 0 Å². The molecule has 27 heavy (non-hydrogen) atoms. The van der Waals surface area contributed by atoms with Gasteiger partial charge in [-0.25, -0.2) is 18.4 Å². The number of aliphatic hydroxyl groups excluding tert-OH is 1.